The average molecular weight is 385 g/mol. The van der Waals surface area contributed by atoms with Crippen molar-refractivity contribution in [3.8, 4) is 5.75 Å². The van der Waals surface area contributed by atoms with Crippen LogP contribution >= 0.6 is 0 Å². The molecule has 1 aliphatic rings. The monoisotopic (exact) mass is 385 g/mol. The zero-order valence-corrected chi connectivity index (χ0v) is 15.7. The Kier molecular flexibility index (Phi) is 6.57. The minimum Gasteiger partial charge on any atom is -0.496 e. The lowest BCUT2D eigenvalue weighted by Crippen LogP contribution is -2.47. The number of nitro groups is 1. The van der Waals surface area contributed by atoms with Crippen LogP contribution in [-0.4, -0.2) is 55.2 Å². The van der Waals surface area contributed by atoms with Crippen molar-refractivity contribution in [1.29, 1.82) is 0 Å². The van der Waals surface area contributed by atoms with Crippen molar-refractivity contribution in [3.05, 3.63) is 69.8 Å². The summed E-state index contributed by atoms with van der Waals surface area (Å²) in [6.45, 7) is 3.26. The van der Waals surface area contributed by atoms with Crippen LogP contribution in [-0.2, 0) is 11.3 Å². The molecule has 0 aromatic heterocycles. The molecule has 0 radical (unpaired) electrons. The number of ether oxygens (including phenoxy) is 2. The maximum Gasteiger partial charge on any atom is 0.270 e. The Hall–Kier alpha value is -2.97. The first-order chi connectivity index (χ1) is 13.6. The molecule has 8 nitrogen and oxygen atoms in total. The van der Waals surface area contributed by atoms with Crippen LogP contribution in [0.4, 0.5) is 5.69 Å². The molecule has 1 N–H and O–H groups in total. The van der Waals surface area contributed by atoms with Gasteiger partial charge in [0, 0.05) is 38.3 Å². The standard InChI is InChI=1S/C20H23N3O5/c1-27-19-8-7-16(23(25)26)11-18(19)20(24)21-12-17-14-22(9-10-28-17)13-15-5-3-2-4-6-15/h2-8,11,17H,9-10,12-14H2,1H3,(H,21,24)/t17-/m0/s1. The Bertz CT molecular complexity index is 828. The van der Waals surface area contributed by atoms with E-state index in [1.165, 1.54) is 30.9 Å². The number of rotatable bonds is 7. The van der Waals surface area contributed by atoms with Gasteiger partial charge in [-0.2, -0.15) is 0 Å². The Balaban J connectivity index is 1.58. The summed E-state index contributed by atoms with van der Waals surface area (Å²) < 4.78 is 10.9. The number of non-ortho nitro benzene ring substituents is 1. The largest absolute Gasteiger partial charge is 0.496 e. The zero-order valence-electron chi connectivity index (χ0n) is 15.7. The van der Waals surface area contributed by atoms with E-state index in [0.717, 1.165) is 13.1 Å². The Morgan fingerprint density at radius 3 is 2.82 bits per heavy atom. The second-order valence-electron chi connectivity index (χ2n) is 6.57. The summed E-state index contributed by atoms with van der Waals surface area (Å²) in [5, 5.41) is 13.8. The highest BCUT2D eigenvalue weighted by atomic mass is 16.6. The van der Waals surface area contributed by atoms with Crippen molar-refractivity contribution < 1.29 is 19.2 Å². The summed E-state index contributed by atoms with van der Waals surface area (Å²) in [4.78, 5) is 25.2. The van der Waals surface area contributed by atoms with E-state index in [9.17, 15) is 14.9 Å². The third-order valence-corrected chi connectivity index (χ3v) is 4.60. The van der Waals surface area contributed by atoms with Gasteiger partial charge >= 0.3 is 0 Å². The average Bonchev–Trinajstić information content (AvgIpc) is 2.72. The van der Waals surface area contributed by atoms with Crippen LogP contribution in [0.15, 0.2) is 48.5 Å². The second-order valence-corrected chi connectivity index (χ2v) is 6.57. The highest BCUT2D eigenvalue weighted by molar-refractivity contribution is 5.97. The van der Waals surface area contributed by atoms with Gasteiger partial charge < -0.3 is 14.8 Å². The summed E-state index contributed by atoms with van der Waals surface area (Å²) in [6, 6.07) is 14.1. The summed E-state index contributed by atoms with van der Waals surface area (Å²) in [5.74, 6) is -0.136. The lowest BCUT2D eigenvalue weighted by atomic mass is 10.1. The van der Waals surface area contributed by atoms with E-state index in [0.29, 0.717) is 25.4 Å². The molecule has 1 amide bonds. The molecular formula is C20H23N3O5. The molecule has 1 atom stereocenters. The summed E-state index contributed by atoms with van der Waals surface area (Å²) in [7, 11) is 1.42. The molecule has 2 aromatic rings. The quantitative estimate of drug-likeness (QED) is 0.580. The minimum atomic E-state index is -0.540. The summed E-state index contributed by atoms with van der Waals surface area (Å²) in [5.41, 5.74) is 1.20. The molecular weight excluding hydrogens is 362 g/mol. The van der Waals surface area contributed by atoms with Gasteiger partial charge in [0.2, 0.25) is 0 Å². The van der Waals surface area contributed by atoms with E-state index in [2.05, 4.69) is 22.3 Å². The maximum atomic E-state index is 12.5. The van der Waals surface area contributed by atoms with Crippen LogP contribution in [0.25, 0.3) is 0 Å². The number of nitrogens with zero attached hydrogens (tertiary/aromatic N) is 2. The molecule has 8 heteroatoms. The van der Waals surface area contributed by atoms with Crippen LogP contribution in [0, 0.1) is 10.1 Å². The van der Waals surface area contributed by atoms with Gasteiger partial charge in [-0.15, -0.1) is 0 Å². The normalized spacial score (nSPS) is 17.1. The number of methoxy groups -OCH3 is 1. The molecule has 3 rings (SSSR count). The molecule has 1 aliphatic heterocycles. The molecule has 0 spiro atoms. The van der Waals surface area contributed by atoms with Crippen LogP contribution in [0.1, 0.15) is 15.9 Å². The van der Waals surface area contributed by atoms with E-state index in [4.69, 9.17) is 9.47 Å². The SMILES string of the molecule is COc1ccc([N+](=O)[O-])cc1C(=O)NC[C@H]1CN(Cc2ccccc2)CCO1. The fraction of sp³-hybridized carbons (Fsp3) is 0.350. The fourth-order valence-electron chi connectivity index (χ4n) is 3.18. The van der Waals surface area contributed by atoms with Crippen molar-refractivity contribution in [2.45, 2.75) is 12.6 Å². The van der Waals surface area contributed by atoms with Crippen LogP contribution in [0.5, 0.6) is 5.75 Å². The Morgan fingerprint density at radius 1 is 1.32 bits per heavy atom. The predicted octanol–water partition coefficient (Wildman–Crippen LogP) is 2.23. The molecule has 1 fully saturated rings. The fourth-order valence-corrected chi connectivity index (χ4v) is 3.18. The number of nitro benzene ring substituents is 1. The first kappa shape index (κ1) is 19.8. The molecule has 1 heterocycles. The lowest BCUT2D eigenvalue weighted by Gasteiger charge is -2.33. The molecule has 1 saturated heterocycles. The predicted molar refractivity (Wildman–Crippen MR) is 103 cm³/mol. The number of carbonyl (C=O) groups excluding carboxylic acids is 1. The Labute approximate surface area is 163 Å². The van der Waals surface area contributed by atoms with Gasteiger partial charge in [-0.3, -0.25) is 19.8 Å². The van der Waals surface area contributed by atoms with E-state index >= 15 is 0 Å². The highest BCUT2D eigenvalue weighted by Gasteiger charge is 2.23. The number of morpholine rings is 1. The van der Waals surface area contributed by atoms with Gasteiger partial charge in [0.05, 0.1) is 30.3 Å². The molecule has 0 bridgehead atoms. The van der Waals surface area contributed by atoms with Gasteiger partial charge in [0.1, 0.15) is 5.75 Å². The smallest absolute Gasteiger partial charge is 0.270 e. The van der Waals surface area contributed by atoms with Crippen LogP contribution < -0.4 is 10.1 Å². The van der Waals surface area contributed by atoms with E-state index in [1.54, 1.807) is 0 Å². The topological polar surface area (TPSA) is 93.9 Å². The number of hydrogen-bond donors (Lipinski definition) is 1. The van der Waals surface area contributed by atoms with Crippen molar-refractivity contribution >= 4 is 11.6 Å². The molecule has 28 heavy (non-hydrogen) atoms. The number of nitrogens with one attached hydrogen (secondary N) is 1. The third kappa shape index (κ3) is 5.05. The van der Waals surface area contributed by atoms with Crippen LogP contribution in [0.3, 0.4) is 0 Å². The summed E-state index contributed by atoms with van der Waals surface area (Å²) in [6.07, 6.45) is -0.147. The number of amides is 1. The van der Waals surface area contributed by atoms with E-state index < -0.39 is 10.8 Å². The van der Waals surface area contributed by atoms with Gasteiger partial charge in [0.25, 0.3) is 11.6 Å². The lowest BCUT2D eigenvalue weighted by molar-refractivity contribution is -0.384. The molecule has 0 saturated carbocycles. The van der Waals surface area contributed by atoms with Crippen molar-refractivity contribution in [2.75, 3.05) is 33.4 Å². The van der Waals surface area contributed by atoms with Gasteiger partial charge in [-0.05, 0) is 11.6 Å². The minimum absolute atomic E-state index is 0.133. The summed E-state index contributed by atoms with van der Waals surface area (Å²) >= 11 is 0. The van der Waals surface area contributed by atoms with Crippen molar-refractivity contribution in [2.24, 2.45) is 0 Å². The first-order valence-electron chi connectivity index (χ1n) is 9.05. The van der Waals surface area contributed by atoms with Gasteiger partial charge in [0.15, 0.2) is 0 Å². The number of hydrogen-bond acceptors (Lipinski definition) is 6. The van der Waals surface area contributed by atoms with E-state index in [-0.39, 0.29) is 17.4 Å². The van der Waals surface area contributed by atoms with Crippen molar-refractivity contribution in [1.82, 2.24) is 10.2 Å². The molecule has 2 aromatic carbocycles. The zero-order chi connectivity index (χ0) is 19.9. The van der Waals surface area contributed by atoms with Crippen molar-refractivity contribution in [3.63, 3.8) is 0 Å². The van der Waals surface area contributed by atoms with Gasteiger partial charge in [-0.25, -0.2) is 0 Å². The third-order valence-electron chi connectivity index (χ3n) is 4.60. The van der Waals surface area contributed by atoms with E-state index in [1.807, 2.05) is 18.2 Å². The first-order valence-corrected chi connectivity index (χ1v) is 9.05. The molecule has 0 aliphatic carbocycles. The van der Waals surface area contributed by atoms with Gasteiger partial charge in [-0.1, -0.05) is 30.3 Å². The van der Waals surface area contributed by atoms with Crippen LogP contribution in [0.2, 0.25) is 0 Å². The highest BCUT2D eigenvalue weighted by Crippen LogP contribution is 2.24. The Morgan fingerprint density at radius 2 is 2.11 bits per heavy atom. The number of carbonyl (C=O) groups is 1. The number of benzene rings is 2. The maximum absolute atomic E-state index is 12.5. The molecule has 148 valence electrons. The molecule has 0 unspecified atom stereocenters. The second kappa shape index (κ2) is 9.29.